The van der Waals surface area contributed by atoms with E-state index in [0.717, 1.165) is 24.1 Å². The van der Waals surface area contributed by atoms with Crippen molar-refractivity contribution >= 4 is 17.6 Å². The fourth-order valence-electron chi connectivity index (χ4n) is 1.98. The molecule has 0 unspecified atom stereocenters. The zero-order valence-corrected chi connectivity index (χ0v) is 13.0. The van der Waals surface area contributed by atoms with E-state index in [-0.39, 0.29) is 11.1 Å². The van der Waals surface area contributed by atoms with Gasteiger partial charge in [0.1, 0.15) is 5.82 Å². The first-order valence-electron chi connectivity index (χ1n) is 7.29. The Morgan fingerprint density at radius 3 is 2.50 bits per heavy atom. The van der Waals surface area contributed by atoms with Gasteiger partial charge in [-0.2, -0.15) is 5.26 Å². The Bertz CT molecular complexity index is 795. The highest BCUT2D eigenvalue weighted by Crippen LogP contribution is 2.12. The maximum atomic E-state index is 13.7. The van der Waals surface area contributed by atoms with E-state index in [1.807, 2.05) is 19.1 Å². The second-order valence-corrected chi connectivity index (χ2v) is 4.98. The number of esters is 1. The fraction of sp³-hybridized carbons (Fsp3) is 0.167. The number of nitriles is 1. The number of anilines is 1. The van der Waals surface area contributed by atoms with E-state index in [9.17, 15) is 14.0 Å². The van der Waals surface area contributed by atoms with E-state index >= 15 is 0 Å². The number of ether oxygens (including phenoxy) is 1. The number of nitrogens with zero attached hydrogens (tertiary/aromatic N) is 1. The minimum Gasteiger partial charge on any atom is -0.452 e. The van der Waals surface area contributed by atoms with E-state index in [1.54, 1.807) is 18.2 Å². The van der Waals surface area contributed by atoms with Crippen LogP contribution >= 0.6 is 0 Å². The summed E-state index contributed by atoms with van der Waals surface area (Å²) in [6.45, 7) is 1.49. The molecule has 6 heteroatoms. The smallest absolute Gasteiger partial charge is 0.341 e. The monoisotopic (exact) mass is 326 g/mol. The number of rotatable bonds is 5. The molecule has 5 nitrogen and oxygen atoms in total. The Morgan fingerprint density at radius 2 is 1.92 bits per heavy atom. The largest absolute Gasteiger partial charge is 0.452 e. The van der Waals surface area contributed by atoms with Crippen LogP contribution in [-0.2, 0) is 16.0 Å². The topological polar surface area (TPSA) is 79.2 Å². The molecule has 2 rings (SSSR count). The lowest BCUT2D eigenvalue weighted by atomic mass is 10.1. The van der Waals surface area contributed by atoms with Gasteiger partial charge in [-0.25, -0.2) is 9.18 Å². The lowest BCUT2D eigenvalue weighted by Gasteiger charge is -2.08. The standard InChI is InChI=1S/C18H15FN2O3/c1-2-12-3-6-14(7-4-12)21-17(22)11-24-18(23)15-8-5-13(10-20)9-16(15)19/h3-9H,2,11H2,1H3,(H,21,22). The van der Waals surface area contributed by atoms with Crippen molar-refractivity contribution in [3.8, 4) is 6.07 Å². The van der Waals surface area contributed by atoms with Gasteiger partial charge in [-0.3, -0.25) is 4.79 Å². The van der Waals surface area contributed by atoms with Crippen LogP contribution in [0.15, 0.2) is 42.5 Å². The van der Waals surface area contributed by atoms with Crippen molar-refractivity contribution in [1.82, 2.24) is 0 Å². The van der Waals surface area contributed by atoms with Gasteiger partial charge in [0.15, 0.2) is 6.61 Å². The van der Waals surface area contributed by atoms with Crippen molar-refractivity contribution in [2.24, 2.45) is 0 Å². The molecular weight excluding hydrogens is 311 g/mol. The molecule has 0 aliphatic heterocycles. The minimum absolute atomic E-state index is 0.0947. The van der Waals surface area contributed by atoms with Gasteiger partial charge in [0.25, 0.3) is 5.91 Å². The van der Waals surface area contributed by atoms with E-state index < -0.39 is 24.3 Å². The van der Waals surface area contributed by atoms with Gasteiger partial charge >= 0.3 is 5.97 Å². The van der Waals surface area contributed by atoms with Gasteiger partial charge in [0.2, 0.25) is 0 Å². The summed E-state index contributed by atoms with van der Waals surface area (Å²) in [5, 5.41) is 11.2. The lowest BCUT2D eigenvalue weighted by molar-refractivity contribution is -0.119. The molecule has 0 aliphatic carbocycles. The first kappa shape index (κ1) is 17.2. The normalized spacial score (nSPS) is 9.88. The lowest BCUT2D eigenvalue weighted by Crippen LogP contribution is -2.21. The van der Waals surface area contributed by atoms with Crippen molar-refractivity contribution < 1.29 is 18.7 Å². The predicted octanol–water partition coefficient (Wildman–Crippen LogP) is 3.06. The van der Waals surface area contributed by atoms with Gasteiger partial charge in [-0.1, -0.05) is 19.1 Å². The molecule has 2 aromatic rings. The number of halogens is 1. The van der Waals surface area contributed by atoms with Crippen LogP contribution in [0.4, 0.5) is 10.1 Å². The molecule has 0 atom stereocenters. The fourth-order valence-corrected chi connectivity index (χ4v) is 1.98. The first-order valence-corrected chi connectivity index (χ1v) is 7.29. The average molecular weight is 326 g/mol. The Morgan fingerprint density at radius 1 is 1.21 bits per heavy atom. The van der Waals surface area contributed by atoms with E-state index in [4.69, 9.17) is 10.00 Å². The number of carbonyl (C=O) groups is 2. The van der Waals surface area contributed by atoms with Gasteiger partial charge in [0.05, 0.1) is 17.2 Å². The van der Waals surface area contributed by atoms with E-state index in [1.165, 1.54) is 6.07 Å². The maximum Gasteiger partial charge on any atom is 0.341 e. The summed E-state index contributed by atoms with van der Waals surface area (Å²) in [7, 11) is 0. The zero-order chi connectivity index (χ0) is 17.5. The number of amides is 1. The van der Waals surface area contributed by atoms with Crippen LogP contribution in [0.25, 0.3) is 0 Å². The van der Waals surface area contributed by atoms with Gasteiger partial charge in [0, 0.05) is 5.69 Å². The van der Waals surface area contributed by atoms with Crippen LogP contribution in [0.3, 0.4) is 0 Å². The molecule has 0 saturated carbocycles. The average Bonchev–Trinajstić information content (AvgIpc) is 2.60. The van der Waals surface area contributed by atoms with Crippen molar-refractivity contribution in [2.75, 3.05) is 11.9 Å². The molecule has 122 valence electrons. The molecule has 1 amide bonds. The molecule has 0 aromatic heterocycles. The second kappa shape index (κ2) is 7.88. The summed E-state index contributed by atoms with van der Waals surface area (Å²) >= 11 is 0. The molecule has 1 N–H and O–H groups in total. The Labute approximate surface area is 138 Å². The molecule has 0 fully saturated rings. The van der Waals surface area contributed by atoms with Crippen molar-refractivity contribution in [1.29, 1.82) is 5.26 Å². The third-order valence-corrected chi connectivity index (χ3v) is 3.30. The molecule has 0 bridgehead atoms. The zero-order valence-electron chi connectivity index (χ0n) is 13.0. The van der Waals surface area contributed by atoms with Gasteiger partial charge < -0.3 is 10.1 Å². The summed E-state index contributed by atoms with van der Waals surface area (Å²) < 4.78 is 18.5. The number of benzene rings is 2. The van der Waals surface area contributed by atoms with Crippen molar-refractivity contribution in [3.05, 3.63) is 65.0 Å². The minimum atomic E-state index is -0.964. The van der Waals surface area contributed by atoms with E-state index in [0.29, 0.717) is 5.69 Å². The first-order chi connectivity index (χ1) is 11.5. The predicted molar refractivity (Wildman–Crippen MR) is 85.8 cm³/mol. The summed E-state index contributed by atoms with van der Waals surface area (Å²) in [4.78, 5) is 23.5. The summed E-state index contributed by atoms with van der Waals surface area (Å²) in [5.41, 5.74) is 1.49. The van der Waals surface area contributed by atoms with Crippen LogP contribution in [0, 0.1) is 17.1 Å². The van der Waals surface area contributed by atoms with E-state index in [2.05, 4.69) is 5.32 Å². The molecule has 0 heterocycles. The van der Waals surface area contributed by atoms with Crippen LogP contribution in [0.2, 0.25) is 0 Å². The quantitative estimate of drug-likeness (QED) is 0.857. The van der Waals surface area contributed by atoms with Crippen molar-refractivity contribution in [3.63, 3.8) is 0 Å². The molecule has 24 heavy (non-hydrogen) atoms. The highest BCUT2D eigenvalue weighted by Gasteiger charge is 2.15. The molecule has 0 radical (unpaired) electrons. The highest BCUT2D eigenvalue weighted by atomic mass is 19.1. The number of nitrogens with one attached hydrogen (secondary N) is 1. The number of carbonyl (C=O) groups excluding carboxylic acids is 2. The van der Waals surface area contributed by atoms with Crippen LogP contribution < -0.4 is 5.32 Å². The number of aryl methyl sites for hydroxylation is 1. The summed E-state index contributed by atoms with van der Waals surface area (Å²) in [6, 6.07) is 12.4. The second-order valence-electron chi connectivity index (χ2n) is 4.98. The maximum absolute atomic E-state index is 13.7. The summed E-state index contributed by atoms with van der Waals surface area (Å²) in [6.07, 6.45) is 0.891. The third-order valence-electron chi connectivity index (χ3n) is 3.30. The Hall–Kier alpha value is -3.20. The van der Waals surface area contributed by atoms with Gasteiger partial charge in [-0.05, 0) is 42.3 Å². The number of hydrogen-bond acceptors (Lipinski definition) is 4. The van der Waals surface area contributed by atoms with Crippen LogP contribution in [0.5, 0.6) is 0 Å². The summed E-state index contributed by atoms with van der Waals surface area (Å²) in [5.74, 6) is -2.36. The van der Waals surface area contributed by atoms with Crippen molar-refractivity contribution in [2.45, 2.75) is 13.3 Å². The third kappa shape index (κ3) is 4.40. The Balaban J connectivity index is 1.91. The SMILES string of the molecule is CCc1ccc(NC(=O)COC(=O)c2ccc(C#N)cc2F)cc1. The molecular formula is C18H15FN2O3. The van der Waals surface area contributed by atoms with Crippen LogP contribution in [0.1, 0.15) is 28.4 Å². The number of hydrogen-bond donors (Lipinski definition) is 1. The van der Waals surface area contributed by atoms with Gasteiger partial charge in [-0.15, -0.1) is 0 Å². The molecule has 0 aliphatic rings. The van der Waals surface area contributed by atoms with Crippen LogP contribution in [-0.4, -0.2) is 18.5 Å². The molecule has 0 saturated heterocycles. The highest BCUT2D eigenvalue weighted by molar-refractivity contribution is 5.95. The molecule has 0 spiro atoms. The molecule has 2 aromatic carbocycles. The Kier molecular flexibility index (Phi) is 5.63.